The molecule has 0 bridgehead atoms. The van der Waals surface area contributed by atoms with Crippen molar-refractivity contribution in [2.24, 2.45) is 0 Å². The fourth-order valence-electron chi connectivity index (χ4n) is 2.40. The van der Waals surface area contributed by atoms with Crippen molar-refractivity contribution in [1.82, 2.24) is 9.97 Å². The van der Waals surface area contributed by atoms with E-state index in [0.717, 1.165) is 23.5 Å². The van der Waals surface area contributed by atoms with Gasteiger partial charge >= 0.3 is 7.12 Å². The molecule has 0 spiro atoms. The zero-order valence-electron chi connectivity index (χ0n) is 14.1. The number of nitrogens with one attached hydrogen (secondary N) is 1. The summed E-state index contributed by atoms with van der Waals surface area (Å²) in [6, 6.07) is 7.87. The summed E-state index contributed by atoms with van der Waals surface area (Å²) < 4.78 is 17.8. The lowest BCUT2D eigenvalue weighted by molar-refractivity contribution is 0.00578. The monoisotopic (exact) mass is 314 g/mol. The second-order valence-corrected chi connectivity index (χ2v) is 6.79. The molecule has 23 heavy (non-hydrogen) atoms. The van der Waals surface area contributed by atoms with Gasteiger partial charge in [-0.2, -0.15) is 0 Å². The van der Waals surface area contributed by atoms with Crippen molar-refractivity contribution in [3.8, 4) is 5.75 Å². The van der Waals surface area contributed by atoms with Crippen LogP contribution < -0.4 is 10.2 Å². The number of imidazole rings is 1. The normalized spacial score (nSPS) is 19.0. The lowest BCUT2D eigenvalue weighted by Gasteiger charge is -2.32. The Morgan fingerprint density at radius 3 is 2.30 bits per heavy atom. The Bertz CT molecular complexity index is 622. The second-order valence-electron chi connectivity index (χ2n) is 6.79. The summed E-state index contributed by atoms with van der Waals surface area (Å²) in [5, 5.41) is 0. The highest BCUT2D eigenvalue weighted by Gasteiger charge is 2.51. The molecule has 1 saturated heterocycles. The quantitative estimate of drug-likeness (QED) is 0.861. The highest BCUT2D eigenvalue weighted by molar-refractivity contribution is 6.62. The molecule has 0 amide bonds. The largest absolute Gasteiger partial charge is 0.494 e. The third-order valence-corrected chi connectivity index (χ3v) is 4.57. The van der Waals surface area contributed by atoms with Crippen LogP contribution in [0.3, 0.4) is 0 Å². The van der Waals surface area contributed by atoms with Crippen LogP contribution in [0.1, 0.15) is 33.5 Å². The Hall–Kier alpha value is -1.79. The summed E-state index contributed by atoms with van der Waals surface area (Å²) in [5.41, 5.74) is 0.355. The predicted octanol–water partition coefficient (Wildman–Crippen LogP) is 2.33. The molecule has 2 heterocycles. The highest BCUT2D eigenvalue weighted by atomic mass is 16.7. The molecule has 1 aromatic carbocycles. The minimum absolute atomic E-state index is 0.324. The molecule has 5 nitrogen and oxygen atoms in total. The van der Waals surface area contributed by atoms with Crippen LogP contribution in [0.2, 0.25) is 0 Å². The molecule has 1 fully saturated rings. The van der Waals surface area contributed by atoms with Crippen LogP contribution >= 0.6 is 0 Å². The number of nitrogens with zero attached hydrogens (tertiary/aromatic N) is 1. The maximum absolute atomic E-state index is 6.04. The van der Waals surface area contributed by atoms with Crippen molar-refractivity contribution in [1.29, 1.82) is 0 Å². The third-order valence-electron chi connectivity index (χ3n) is 4.57. The zero-order valence-corrected chi connectivity index (χ0v) is 14.1. The Morgan fingerprint density at radius 2 is 1.74 bits per heavy atom. The van der Waals surface area contributed by atoms with Crippen molar-refractivity contribution in [3.05, 3.63) is 42.5 Å². The summed E-state index contributed by atoms with van der Waals surface area (Å²) in [7, 11) is -0.336. The summed E-state index contributed by atoms with van der Waals surface area (Å²) >= 11 is 0. The van der Waals surface area contributed by atoms with E-state index in [-0.39, 0.29) is 18.3 Å². The van der Waals surface area contributed by atoms with Crippen molar-refractivity contribution >= 4 is 12.6 Å². The number of benzene rings is 1. The van der Waals surface area contributed by atoms with Gasteiger partial charge in [0.2, 0.25) is 0 Å². The SMILES string of the molecule is CC1(C)OB(c2ccc(OCCc3ncc[nH]3)cc2)OC1(C)C. The summed E-state index contributed by atoms with van der Waals surface area (Å²) in [6.07, 6.45) is 4.31. The van der Waals surface area contributed by atoms with Crippen LogP contribution in [0, 0.1) is 0 Å². The third kappa shape index (κ3) is 3.43. The smallest absolute Gasteiger partial charge is 0.493 e. The topological polar surface area (TPSA) is 56.4 Å². The first kappa shape index (κ1) is 16.1. The first-order valence-electron chi connectivity index (χ1n) is 7.94. The molecule has 0 saturated carbocycles. The molecule has 0 atom stereocenters. The van der Waals surface area contributed by atoms with E-state index in [9.17, 15) is 0 Å². The van der Waals surface area contributed by atoms with Gasteiger partial charge in [0.05, 0.1) is 17.8 Å². The molecule has 3 rings (SSSR count). The van der Waals surface area contributed by atoms with E-state index in [4.69, 9.17) is 14.0 Å². The summed E-state index contributed by atoms with van der Waals surface area (Å²) in [6.45, 7) is 8.81. The average Bonchev–Trinajstić information content (AvgIpc) is 3.06. The van der Waals surface area contributed by atoms with Gasteiger partial charge < -0.3 is 19.0 Å². The van der Waals surface area contributed by atoms with E-state index in [0.29, 0.717) is 6.61 Å². The lowest BCUT2D eigenvalue weighted by atomic mass is 9.79. The van der Waals surface area contributed by atoms with Crippen molar-refractivity contribution < 1.29 is 14.0 Å². The molecule has 2 aromatic rings. The van der Waals surface area contributed by atoms with Gasteiger partial charge in [0, 0.05) is 18.8 Å². The van der Waals surface area contributed by atoms with Gasteiger partial charge in [0.1, 0.15) is 11.6 Å². The number of rotatable bonds is 5. The molecule has 122 valence electrons. The second kappa shape index (κ2) is 6.02. The van der Waals surface area contributed by atoms with Crippen LogP contribution in [0.5, 0.6) is 5.75 Å². The van der Waals surface area contributed by atoms with E-state index >= 15 is 0 Å². The molecule has 1 aliphatic rings. The van der Waals surface area contributed by atoms with E-state index in [2.05, 4.69) is 37.7 Å². The van der Waals surface area contributed by atoms with E-state index in [1.807, 2.05) is 30.5 Å². The van der Waals surface area contributed by atoms with Gasteiger partial charge in [-0.3, -0.25) is 0 Å². The van der Waals surface area contributed by atoms with Gasteiger partial charge in [-0.05, 0) is 45.3 Å². The lowest BCUT2D eigenvalue weighted by Crippen LogP contribution is -2.41. The average molecular weight is 314 g/mol. The standard InChI is InChI=1S/C17H23BN2O3/c1-16(2)17(3,4)23-18(22-16)13-5-7-14(8-6-13)21-12-9-15-19-10-11-20-15/h5-8,10-11H,9,12H2,1-4H3,(H,19,20). The zero-order chi connectivity index (χ0) is 16.5. The first-order valence-corrected chi connectivity index (χ1v) is 7.94. The van der Waals surface area contributed by atoms with Crippen LogP contribution in [0.4, 0.5) is 0 Å². The summed E-state index contributed by atoms with van der Waals surface area (Å²) in [4.78, 5) is 7.23. The molecule has 1 aliphatic heterocycles. The fraction of sp³-hybridized carbons (Fsp3) is 0.471. The number of hydrogen-bond acceptors (Lipinski definition) is 4. The number of ether oxygens (including phenoxy) is 1. The maximum Gasteiger partial charge on any atom is 0.494 e. The molecule has 1 aromatic heterocycles. The number of aromatic amines is 1. The van der Waals surface area contributed by atoms with Gasteiger partial charge in [-0.25, -0.2) is 4.98 Å². The van der Waals surface area contributed by atoms with Crippen molar-refractivity contribution in [2.45, 2.75) is 45.3 Å². The van der Waals surface area contributed by atoms with Gasteiger partial charge in [0.25, 0.3) is 0 Å². The molecule has 0 radical (unpaired) electrons. The Morgan fingerprint density at radius 1 is 1.09 bits per heavy atom. The number of aromatic nitrogens is 2. The summed E-state index contributed by atoms with van der Waals surface area (Å²) in [5.74, 6) is 1.76. The Labute approximate surface area is 137 Å². The van der Waals surface area contributed by atoms with Crippen LogP contribution in [-0.4, -0.2) is 34.9 Å². The van der Waals surface area contributed by atoms with Gasteiger partial charge in [-0.15, -0.1) is 0 Å². The Balaban J connectivity index is 1.57. The van der Waals surface area contributed by atoms with E-state index in [1.165, 1.54) is 0 Å². The minimum atomic E-state index is -0.336. The molecule has 1 N–H and O–H groups in total. The number of H-pyrrole nitrogens is 1. The van der Waals surface area contributed by atoms with Crippen LogP contribution in [0.25, 0.3) is 0 Å². The Kier molecular flexibility index (Phi) is 4.21. The molecule has 0 aliphatic carbocycles. The first-order chi connectivity index (χ1) is 10.9. The van der Waals surface area contributed by atoms with Crippen molar-refractivity contribution in [3.63, 3.8) is 0 Å². The van der Waals surface area contributed by atoms with Gasteiger partial charge in [0.15, 0.2) is 0 Å². The predicted molar refractivity (Wildman–Crippen MR) is 89.9 cm³/mol. The molecular formula is C17H23BN2O3. The molecular weight excluding hydrogens is 291 g/mol. The van der Waals surface area contributed by atoms with Crippen LogP contribution in [0.15, 0.2) is 36.7 Å². The fourth-order valence-corrected chi connectivity index (χ4v) is 2.40. The minimum Gasteiger partial charge on any atom is -0.493 e. The van der Waals surface area contributed by atoms with Crippen molar-refractivity contribution in [2.75, 3.05) is 6.61 Å². The molecule has 0 unspecified atom stereocenters. The van der Waals surface area contributed by atoms with E-state index < -0.39 is 0 Å². The molecule has 6 heteroatoms. The van der Waals surface area contributed by atoms with Crippen LogP contribution in [-0.2, 0) is 15.7 Å². The van der Waals surface area contributed by atoms with E-state index in [1.54, 1.807) is 6.20 Å². The number of hydrogen-bond donors (Lipinski definition) is 1. The highest BCUT2D eigenvalue weighted by Crippen LogP contribution is 2.36. The maximum atomic E-state index is 6.04. The van der Waals surface area contributed by atoms with Gasteiger partial charge in [-0.1, -0.05) is 12.1 Å².